The zero-order chi connectivity index (χ0) is 21.3. The Labute approximate surface area is 195 Å². The fourth-order valence-electron chi connectivity index (χ4n) is 2.75. The van der Waals surface area contributed by atoms with Crippen molar-refractivity contribution in [3.63, 3.8) is 0 Å². The molecule has 1 fully saturated rings. The van der Waals surface area contributed by atoms with E-state index >= 15 is 0 Å². The molecule has 0 bridgehead atoms. The van der Waals surface area contributed by atoms with Crippen LogP contribution in [-0.2, 0) is 9.59 Å². The Morgan fingerprint density at radius 3 is 2.60 bits per heavy atom. The molecule has 1 aliphatic heterocycles. The number of halogens is 2. The van der Waals surface area contributed by atoms with Crippen LogP contribution in [0, 0.1) is 0 Å². The van der Waals surface area contributed by atoms with Crippen LogP contribution in [0.2, 0.25) is 5.02 Å². The van der Waals surface area contributed by atoms with Gasteiger partial charge in [-0.05, 0) is 70.6 Å². The fourth-order valence-corrected chi connectivity index (χ4v) is 4.57. The van der Waals surface area contributed by atoms with Gasteiger partial charge in [-0.15, -0.1) is 0 Å². The van der Waals surface area contributed by atoms with E-state index in [0.717, 1.165) is 4.90 Å². The summed E-state index contributed by atoms with van der Waals surface area (Å²) in [7, 11) is 0. The molecule has 0 saturated carbocycles. The highest BCUT2D eigenvalue weighted by Crippen LogP contribution is 2.36. The first-order valence-electron chi connectivity index (χ1n) is 8.61. The van der Waals surface area contributed by atoms with Gasteiger partial charge in [0.15, 0.2) is 10.2 Å². The largest absolute Gasteiger partial charge is 0.449 e. The third kappa shape index (κ3) is 4.37. The van der Waals surface area contributed by atoms with E-state index in [1.807, 2.05) is 30.3 Å². The van der Waals surface area contributed by atoms with Crippen molar-refractivity contribution < 1.29 is 14.0 Å². The second kappa shape index (κ2) is 8.77. The molecule has 150 valence electrons. The zero-order valence-corrected chi connectivity index (χ0v) is 19.1. The number of hydrogen-bond acceptors (Lipinski definition) is 5. The first kappa shape index (κ1) is 20.9. The Morgan fingerprint density at radius 1 is 1.10 bits per heavy atom. The molecule has 1 N–H and O–H groups in total. The highest BCUT2D eigenvalue weighted by atomic mass is 79.9. The summed E-state index contributed by atoms with van der Waals surface area (Å²) in [6, 6.07) is 18.1. The van der Waals surface area contributed by atoms with Gasteiger partial charge >= 0.3 is 0 Å². The second-order valence-electron chi connectivity index (χ2n) is 6.14. The topological polar surface area (TPSA) is 62.6 Å². The average molecular weight is 520 g/mol. The van der Waals surface area contributed by atoms with Crippen LogP contribution >= 0.6 is 51.5 Å². The number of nitrogens with one attached hydrogen (secondary N) is 1. The van der Waals surface area contributed by atoms with E-state index in [1.165, 1.54) is 22.7 Å². The minimum atomic E-state index is -0.590. The lowest BCUT2D eigenvalue weighted by Gasteiger charge is -2.28. The van der Waals surface area contributed by atoms with Crippen molar-refractivity contribution in [1.82, 2.24) is 5.32 Å². The minimum absolute atomic E-state index is 0.00892. The molecule has 0 spiro atoms. The van der Waals surface area contributed by atoms with Crippen molar-refractivity contribution >= 4 is 80.2 Å². The van der Waals surface area contributed by atoms with Gasteiger partial charge in [0.25, 0.3) is 11.8 Å². The normalized spacial score (nSPS) is 15.6. The Morgan fingerprint density at radius 2 is 1.87 bits per heavy atom. The van der Waals surface area contributed by atoms with Gasteiger partial charge in [-0.25, -0.2) is 0 Å². The molecule has 5 nitrogen and oxygen atoms in total. The lowest BCUT2D eigenvalue weighted by Crippen LogP contribution is -2.54. The molecule has 4 rings (SSSR count). The van der Waals surface area contributed by atoms with Crippen molar-refractivity contribution in [3.8, 4) is 0 Å². The van der Waals surface area contributed by atoms with Crippen molar-refractivity contribution in [2.24, 2.45) is 0 Å². The lowest BCUT2D eigenvalue weighted by atomic mass is 10.1. The van der Waals surface area contributed by atoms with Crippen LogP contribution in [0.25, 0.3) is 6.08 Å². The summed E-state index contributed by atoms with van der Waals surface area (Å²) >= 11 is 16.1. The van der Waals surface area contributed by atoms with E-state index in [0.29, 0.717) is 26.0 Å². The molecule has 2 aromatic carbocycles. The van der Waals surface area contributed by atoms with Crippen LogP contribution in [0.1, 0.15) is 5.76 Å². The smallest absolute Gasteiger partial charge is 0.270 e. The van der Waals surface area contributed by atoms with E-state index in [-0.39, 0.29) is 10.7 Å². The summed E-state index contributed by atoms with van der Waals surface area (Å²) < 4.78 is 6.56. The highest BCUT2D eigenvalue weighted by molar-refractivity contribution is 9.10. The monoisotopic (exact) mass is 518 g/mol. The first-order chi connectivity index (χ1) is 14.4. The van der Waals surface area contributed by atoms with Crippen molar-refractivity contribution in [3.05, 3.63) is 81.5 Å². The third-order valence-electron chi connectivity index (χ3n) is 4.08. The van der Waals surface area contributed by atoms with Crippen LogP contribution in [0.4, 0.5) is 5.69 Å². The summed E-state index contributed by atoms with van der Waals surface area (Å²) in [5.41, 5.74) is 0.366. The van der Waals surface area contributed by atoms with E-state index in [2.05, 4.69) is 21.2 Å². The van der Waals surface area contributed by atoms with Crippen LogP contribution in [-0.4, -0.2) is 16.9 Å². The fraction of sp³-hybridized carbons (Fsp3) is 0. The third-order valence-corrected chi connectivity index (χ3v) is 6.45. The molecule has 30 heavy (non-hydrogen) atoms. The lowest BCUT2D eigenvalue weighted by molar-refractivity contribution is -0.122. The van der Waals surface area contributed by atoms with Gasteiger partial charge in [0.1, 0.15) is 11.3 Å². The minimum Gasteiger partial charge on any atom is -0.449 e. The Kier molecular flexibility index (Phi) is 6.10. The molecule has 0 radical (unpaired) electrons. The average Bonchev–Trinajstić information content (AvgIpc) is 3.05. The Bertz CT molecular complexity index is 1190. The van der Waals surface area contributed by atoms with Crippen molar-refractivity contribution in [1.29, 1.82) is 0 Å². The van der Waals surface area contributed by atoms with E-state index in [1.54, 1.807) is 30.3 Å². The maximum absolute atomic E-state index is 13.1. The quantitative estimate of drug-likeness (QED) is 0.273. The van der Waals surface area contributed by atoms with Crippen LogP contribution in [0.3, 0.4) is 0 Å². The summed E-state index contributed by atoms with van der Waals surface area (Å²) in [5.74, 6) is -0.790. The molecule has 2 heterocycles. The van der Waals surface area contributed by atoms with E-state index in [9.17, 15) is 9.59 Å². The van der Waals surface area contributed by atoms with Gasteiger partial charge in [0, 0.05) is 9.92 Å². The van der Waals surface area contributed by atoms with Gasteiger partial charge in [-0.1, -0.05) is 47.6 Å². The maximum atomic E-state index is 13.1. The van der Waals surface area contributed by atoms with Crippen LogP contribution in [0.15, 0.2) is 85.1 Å². The van der Waals surface area contributed by atoms with E-state index in [4.69, 9.17) is 28.2 Å². The molecule has 1 aromatic heterocycles. The number of carbonyl (C=O) groups excluding carboxylic acids is 2. The highest BCUT2D eigenvalue weighted by Gasteiger charge is 2.35. The number of benzene rings is 2. The number of furan rings is 1. The molecule has 0 unspecified atom stereocenters. The first-order valence-corrected chi connectivity index (χ1v) is 11.0. The summed E-state index contributed by atoms with van der Waals surface area (Å²) in [6.45, 7) is 0. The van der Waals surface area contributed by atoms with Gasteiger partial charge in [0.2, 0.25) is 0 Å². The number of rotatable bonds is 4. The van der Waals surface area contributed by atoms with Crippen LogP contribution < -0.4 is 10.2 Å². The van der Waals surface area contributed by atoms with Gasteiger partial charge in [0.05, 0.1) is 10.2 Å². The number of thiocarbonyl (C=S) groups is 1. The summed E-state index contributed by atoms with van der Waals surface area (Å²) in [5, 5.41) is 3.59. The maximum Gasteiger partial charge on any atom is 0.270 e. The van der Waals surface area contributed by atoms with Crippen molar-refractivity contribution in [2.75, 3.05) is 4.90 Å². The van der Waals surface area contributed by atoms with Crippen LogP contribution in [0.5, 0.6) is 0 Å². The molecule has 0 atom stereocenters. The number of carbonyl (C=O) groups is 2. The molecular weight excluding hydrogens is 508 g/mol. The molecule has 1 aliphatic rings. The number of nitrogens with zero attached hydrogens (tertiary/aromatic N) is 1. The zero-order valence-electron chi connectivity index (χ0n) is 15.1. The SMILES string of the molecule is O=C1NC(=S)N(c2cccc(Cl)c2)C(=O)/C1=C/c1cc(Br)c(Sc2ccccc2)o1. The number of hydrogen-bond donors (Lipinski definition) is 1. The molecule has 3 aromatic rings. The Hall–Kier alpha value is -2.39. The second-order valence-corrected chi connectivity index (χ2v) is 8.86. The van der Waals surface area contributed by atoms with Gasteiger partial charge < -0.3 is 4.42 Å². The Balaban J connectivity index is 1.65. The summed E-state index contributed by atoms with van der Waals surface area (Å²) in [6.07, 6.45) is 1.40. The van der Waals surface area contributed by atoms with Crippen molar-refractivity contribution in [2.45, 2.75) is 9.99 Å². The molecule has 2 amide bonds. The predicted octanol–water partition coefficient (Wildman–Crippen LogP) is 5.68. The molecule has 9 heteroatoms. The van der Waals surface area contributed by atoms with Gasteiger partial charge in [-0.2, -0.15) is 0 Å². The standard InChI is InChI=1S/C21H12BrClN2O3S2/c22-17-11-14(28-20(17)30-15-7-2-1-3-8-15)10-16-18(26)24-21(29)25(19(16)27)13-6-4-5-12(23)9-13/h1-11H,(H,24,26,29)/b16-10+. The summed E-state index contributed by atoms with van der Waals surface area (Å²) in [4.78, 5) is 27.7. The predicted molar refractivity (Wildman–Crippen MR) is 125 cm³/mol. The number of anilines is 1. The molecular formula is C21H12BrClN2O3S2. The molecule has 0 aliphatic carbocycles. The van der Waals surface area contributed by atoms with Gasteiger partial charge in [-0.3, -0.25) is 19.8 Å². The van der Waals surface area contributed by atoms with E-state index < -0.39 is 11.8 Å². The number of amides is 2. The molecule has 1 saturated heterocycles.